The molecule has 0 aliphatic heterocycles. The molecule has 0 saturated carbocycles. The summed E-state index contributed by atoms with van der Waals surface area (Å²) in [5.41, 5.74) is 4.62. The fraction of sp³-hybridized carbons (Fsp3) is 0.383. The topological polar surface area (TPSA) is 141 Å². The maximum atomic E-state index is 13.7. The summed E-state index contributed by atoms with van der Waals surface area (Å²) in [7, 11) is 0. The minimum absolute atomic E-state index is 0.0425. The smallest absolute Gasteiger partial charge is 0.227 e. The summed E-state index contributed by atoms with van der Waals surface area (Å²) in [5.74, 6) is 0.315. The van der Waals surface area contributed by atoms with Gasteiger partial charge >= 0.3 is 0 Å². The number of carbonyl (C=O) groups excluding carboxylic acids is 2. The molecular weight excluding hydrogens is 793 g/mol. The number of nitriles is 1. The number of nitrogens with one attached hydrogen (secondary N) is 2. The van der Waals surface area contributed by atoms with Gasteiger partial charge in [0.05, 0.1) is 21.4 Å². The highest BCUT2D eigenvalue weighted by molar-refractivity contribution is 6.38. The summed E-state index contributed by atoms with van der Waals surface area (Å²) in [5, 5.41) is 30.2. The van der Waals surface area contributed by atoms with Crippen LogP contribution in [-0.4, -0.2) is 26.6 Å². The van der Waals surface area contributed by atoms with Gasteiger partial charge in [0.15, 0.2) is 5.82 Å². The number of nitrogens with zero attached hydrogens (tertiary/aromatic N) is 7. The van der Waals surface area contributed by atoms with Crippen LogP contribution in [0.4, 0.5) is 40.1 Å². The van der Waals surface area contributed by atoms with E-state index in [1.54, 1.807) is 37.4 Å². The number of amides is 2. The average Bonchev–Trinajstić information content (AvgIpc) is 3.54. The number of hydrogen-bond acceptors (Lipinski definition) is 8. The minimum atomic E-state index is -0.308. The molecule has 0 saturated heterocycles. The van der Waals surface area contributed by atoms with Crippen molar-refractivity contribution in [3.8, 4) is 11.8 Å². The van der Waals surface area contributed by atoms with E-state index < -0.39 is 0 Å². The van der Waals surface area contributed by atoms with Gasteiger partial charge in [0.25, 0.3) is 0 Å². The SMILES string of the molecule is CCCCCCCCC(CCCCCC)C(=O)Nc1cc(Cl)c(-n2nc(C)c(C#N)c2N=Nc2ccc(N(c3ccccc3)c3ccc(C)cn3)cc2NC(C)=O)c(Cl)c1. The van der Waals surface area contributed by atoms with Crippen molar-refractivity contribution in [3.05, 3.63) is 106 Å². The number of pyridine rings is 1. The first-order valence-electron chi connectivity index (χ1n) is 21.0. The summed E-state index contributed by atoms with van der Waals surface area (Å²) in [4.78, 5) is 32.8. The molecule has 3 aromatic carbocycles. The average molecular weight is 849 g/mol. The Morgan fingerprint density at radius 3 is 2.08 bits per heavy atom. The molecule has 1 atom stereocenters. The second-order valence-electron chi connectivity index (χ2n) is 15.1. The fourth-order valence-electron chi connectivity index (χ4n) is 7.10. The molecule has 2 N–H and O–H groups in total. The van der Waals surface area contributed by atoms with Crippen LogP contribution < -0.4 is 15.5 Å². The molecule has 5 aromatic rings. The van der Waals surface area contributed by atoms with Crippen LogP contribution in [0, 0.1) is 31.1 Å². The predicted molar refractivity (Wildman–Crippen MR) is 244 cm³/mol. The van der Waals surface area contributed by atoms with Crippen molar-refractivity contribution < 1.29 is 9.59 Å². The summed E-state index contributed by atoms with van der Waals surface area (Å²) in [6.45, 7) is 9.47. The summed E-state index contributed by atoms with van der Waals surface area (Å²) < 4.78 is 1.38. The van der Waals surface area contributed by atoms with Crippen molar-refractivity contribution in [2.24, 2.45) is 16.1 Å². The van der Waals surface area contributed by atoms with Gasteiger partial charge in [-0.15, -0.1) is 10.2 Å². The molecule has 0 bridgehead atoms. The highest BCUT2D eigenvalue weighted by Crippen LogP contribution is 2.40. The Hall–Kier alpha value is -5.57. The van der Waals surface area contributed by atoms with E-state index in [4.69, 9.17) is 23.2 Å². The first-order valence-corrected chi connectivity index (χ1v) is 21.7. The molecule has 60 heavy (non-hydrogen) atoms. The number of unbranched alkanes of at least 4 members (excludes halogenated alkanes) is 8. The van der Waals surface area contributed by atoms with Crippen LogP contribution in [0.25, 0.3) is 5.69 Å². The van der Waals surface area contributed by atoms with Crippen molar-refractivity contribution in [1.82, 2.24) is 14.8 Å². The van der Waals surface area contributed by atoms with Gasteiger partial charge in [-0.25, -0.2) is 9.67 Å². The van der Waals surface area contributed by atoms with Crippen molar-refractivity contribution in [2.75, 3.05) is 15.5 Å². The fourth-order valence-corrected chi connectivity index (χ4v) is 7.75. The number of anilines is 5. The van der Waals surface area contributed by atoms with E-state index in [-0.39, 0.29) is 44.8 Å². The van der Waals surface area contributed by atoms with E-state index in [9.17, 15) is 14.9 Å². The Morgan fingerprint density at radius 1 is 0.817 bits per heavy atom. The minimum Gasteiger partial charge on any atom is -0.326 e. The number of rotatable bonds is 21. The Balaban J connectivity index is 1.45. The second kappa shape index (κ2) is 22.7. The molecule has 1 unspecified atom stereocenters. The van der Waals surface area contributed by atoms with Crippen LogP contribution in [0.5, 0.6) is 0 Å². The Bertz CT molecular complexity index is 2260. The lowest BCUT2D eigenvalue weighted by Gasteiger charge is -2.25. The Morgan fingerprint density at radius 2 is 1.47 bits per heavy atom. The molecule has 0 aliphatic rings. The molecule has 314 valence electrons. The molecule has 11 nitrogen and oxygen atoms in total. The number of para-hydroxylation sites is 1. The van der Waals surface area contributed by atoms with E-state index in [0.29, 0.717) is 28.6 Å². The zero-order chi connectivity index (χ0) is 43.0. The lowest BCUT2D eigenvalue weighted by Crippen LogP contribution is -2.23. The van der Waals surface area contributed by atoms with Crippen LogP contribution in [0.1, 0.15) is 115 Å². The van der Waals surface area contributed by atoms with E-state index in [1.165, 1.54) is 37.3 Å². The van der Waals surface area contributed by atoms with Gasteiger partial charge in [-0.3, -0.25) is 14.5 Å². The molecule has 0 spiro atoms. The van der Waals surface area contributed by atoms with Gasteiger partial charge in [-0.05, 0) is 80.8 Å². The molecule has 0 radical (unpaired) electrons. The Labute approximate surface area is 364 Å². The number of hydrogen-bond donors (Lipinski definition) is 2. The lowest BCUT2D eigenvalue weighted by atomic mass is 9.93. The normalized spacial score (nSPS) is 11.7. The number of halogens is 2. The number of aromatic nitrogens is 3. The summed E-state index contributed by atoms with van der Waals surface area (Å²) >= 11 is 13.8. The van der Waals surface area contributed by atoms with Crippen LogP contribution in [0.2, 0.25) is 10.0 Å². The summed E-state index contributed by atoms with van der Waals surface area (Å²) in [6, 6.07) is 24.5. The maximum absolute atomic E-state index is 13.7. The predicted octanol–water partition coefficient (Wildman–Crippen LogP) is 14.2. The van der Waals surface area contributed by atoms with Crippen LogP contribution >= 0.6 is 23.2 Å². The Kier molecular flexibility index (Phi) is 17.2. The van der Waals surface area contributed by atoms with Gasteiger partial charge in [0.2, 0.25) is 11.8 Å². The monoisotopic (exact) mass is 847 g/mol. The molecular formula is C47H55Cl2N9O2. The highest BCUT2D eigenvalue weighted by Gasteiger charge is 2.24. The molecule has 2 amide bonds. The molecule has 2 aromatic heterocycles. The number of carbonyl (C=O) groups is 2. The molecule has 2 heterocycles. The number of aryl methyl sites for hydroxylation is 2. The first kappa shape index (κ1) is 45.5. The van der Waals surface area contributed by atoms with Gasteiger partial charge in [-0.2, -0.15) is 10.4 Å². The van der Waals surface area contributed by atoms with Gasteiger partial charge in [0, 0.05) is 36.1 Å². The van der Waals surface area contributed by atoms with Crippen molar-refractivity contribution >= 4 is 75.1 Å². The molecule has 13 heteroatoms. The molecule has 5 rings (SSSR count). The van der Waals surface area contributed by atoms with E-state index in [2.05, 4.69) is 50.9 Å². The first-order chi connectivity index (χ1) is 29.0. The largest absolute Gasteiger partial charge is 0.326 e. The second-order valence-corrected chi connectivity index (χ2v) is 15.9. The third-order valence-electron chi connectivity index (χ3n) is 10.3. The van der Waals surface area contributed by atoms with Gasteiger partial charge in [0.1, 0.15) is 28.8 Å². The zero-order valence-electron chi connectivity index (χ0n) is 35.3. The van der Waals surface area contributed by atoms with E-state index in [1.807, 2.05) is 60.4 Å². The van der Waals surface area contributed by atoms with E-state index in [0.717, 1.165) is 68.3 Å². The van der Waals surface area contributed by atoms with Crippen LogP contribution in [-0.2, 0) is 9.59 Å². The molecule has 0 aliphatic carbocycles. The molecule has 0 fully saturated rings. The summed E-state index contributed by atoms with van der Waals surface area (Å²) in [6.07, 6.45) is 14.9. The quantitative estimate of drug-likeness (QED) is 0.0556. The zero-order valence-corrected chi connectivity index (χ0v) is 36.8. The standard InChI is InChI=1S/C47H55Cl2N9O2/c1-6-8-10-12-13-16-20-35(19-15-11-9-7-2)47(60)53-36-27-40(48)45(41(49)28-36)58-46(39(30-50)33(4)56-58)55-54-42-25-24-38(29-43(42)52-34(5)59)57(37-21-17-14-18-22-37)44-26-23-32(3)31-51-44/h14,17-18,21-29,31,35H,6-13,15-16,19-20H2,1-5H3,(H,52,59)(H,53,60). The van der Waals surface area contributed by atoms with Crippen molar-refractivity contribution in [3.63, 3.8) is 0 Å². The van der Waals surface area contributed by atoms with Gasteiger partial charge in [-0.1, -0.05) is 126 Å². The van der Waals surface area contributed by atoms with Crippen molar-refractivity contribution in [1.29, 1.82) is 5.26 Å². The van der Waals surface area contributed by atoms with Crippen LogP contribution in [0.3, 0.4) is 0 Å². The lowest BCUT2D eigenvalue weighted by molar-refractivity contribution is -0.120. The number of benzene rings is 3. The van der Waals surface area contributed by atoms with Gasteiger partial charge < -0.3 is 10.6 Å². The van der Waals surface area contributed by atoms with E-state index >= 15 is 0 Å². The maximum Gasteiger partial charge on any atom is 0.227 e. The highest BCUT2D eigenvalue weighted by atomic mass is 35.5. The third-order valence-corrected chi connectivity index (χ3v) is 10.8. The van der Waals surface area contributed by atoms with Crippen LogP contribution in [0.15, 0.2) is 89.2 Å². The third kappa shape index (κ3) is 12.2. The van der Waals surface area contributed by atoms with Crippen molar-refractivity contribution in [2.45, 2.75) is 112 Å². The number of azo groups is 1.